The van der Waals surface area contributed by atoms with Crippen LogP contribution in [0, 0.1) is 6.92 Å². The summed E-state index contributed by atoms with van der Waals surface area (Å²) in [5.41, 5.74) is 2.38. The number of aromatic nitrogens is 2. The fourth-order valence-electron chi connectivity index (χ4n) is 3.15. The first-order valence-electron chi connectivity index (χ1n) is 8.98. The fraction of sp³-hybridized carbons (Fsp3) is 0.250. The molecule has 28 heavy (non-hydrogen) atoms. The van der Waals surface area contributed by atoms with Gasteiger partial charge in [0.15, 0.2) is 11.5 Å². The molecular weight excluding hydrogens is 360 g/mol. The number of imidazole rings is 1. The summed E-state index contributed by atoms with van der Waals surface area (Å²) in [6.45, 7) is 3.03. The smallest absolute Gasteiger partial charge is 0.251 e. The molecule has 0 fully saturated rings. The first-order valence-corrected chi connectivity index (χ1v) is 8.98. The predicted octanol–water partition coefficient (Wildman–Crippen LogP) is 1.62. The van der Waals surface area contributed by atoms with Crippen LogP contribution in [-0.4, -0.2) is 41.2 Å². The summed E-state index contributed by atoms with van der Waals surface area (Å²) in [4.78, 5) is 28.8. The molecule has 0 aliphatic carbocycles. The molecule has 2 aromatic carbocycles. The second-order valence-electron chi connectivity index (χ2n) is 6.40. The summed E-state index contributed by atoms with van der Waals surface area (Å²) in [6, 6.07) is 12.8. The molecule has 4 rings (SSSR count). The zero-order valence-corrected chi connectivity index (χ0v) is 15.4. The third-order valence-corrected chi connectivity index (χ3v) is 4.55. The molecule has 1 aliphatic rings. The van der Waals surface area contributed by atoms with Crippen molar-refractivity contribution in [2.75, 3.05) is 19.9 Å². The molecule has 2 heterocycles. The van der Waals surface area contributed by atoms with Crippen LogP contribution in [0.15, 0.2) is 42.5 Å². The Labute approximate surface area is 161 Å². The third-order valence-electron chi connectivity index (χ3n) is 4.55. The molecule has 0 spiro atoms. The molecule has 144 valence electrons. The molecule has 8 heteroatoms. The molecular formula is C20H20N4O4. The topological polar surface area (TPSA) is 94.5 Å². The van der Waals surface area contributed by atoms with E-state index < -0.39 is 0 Å². The number of nitrogens with one attached hydrogen (secondary N) is 2. The average molecular weight is 380 g/mol. The Morgan fingerprint density at radius 1 is 1.11 bits per heavy atom. The van der Waals surface area contributed by atoms with Crippen molar-refractivity contribution in [3.63, 3.8) is 0 Å². The van der Waals surface area contributed by atoms with Gasteiger partial charge in [-0.25, -0.2) is 4.98 Å². The van der Waals surface area contributed by atoms with E-state index in [0.29, 0.717) is 30.2 Å². The summed E-state index contributed by atoms with van der Waals surface area (Å²) >= 11 is 0. The molecule has 0 saturated heterocycles. The SMILES string of the molecule is Cc1nc2ccccc2n1CCNC(=O)CNC(=O)c1ccc2c(c1)OCO2. The van der Waals surface area contributed by atoms with Gasteiger partial charge in [0, 0.05) is 18.7 Å². The van der Waals surface area contributed by atoms with Gasteiger partial charge in [0.1, 0.15) is 5.82 Å². The Hall–Kier alpha value is -3.55. The van der Waals surface area contributed by atoms with Gasteiger partial charge in [0.25, 0.3) is 5.91 Å². The van der Waals surface area contributed by atoms with Crippen molar-refractivity contribution in [2.45, 2.75) is 13.5 Å². The second kappa shape index (κ2) is 7.59. The van der Waals surface area contributed by atoms with E-state index in [0.717, 1.165) is 16.9 Å². The van der Waals surface area contributed by atoms with E-state index in [-0.39, 0.29) is 25.2 Å². The molecule has 1 aliphatic heterocycles. The van der Waals surface area contributed by atoms with Gasteiger partial charge in [0.2, 0.25) is 12.7 Å². The normalized spacial score (nSPS) is 12.2. The van der Waals surface area contributed by atoms with Crippen molar-refractivity contribution < 1.29 is 19.1 Å². The third kappa shape index (κ3) is 3.62. The predicted molar refractivity (Wildman–Crippen MR) is 102 cm³/mol. The molecule has 2 N–H and O–H groups in total. The lowest BCUT2D eigenvalue weighted by Gasteiger charge is -2.09. The fourth-order valence-corrected chi connectivity index (χ4v) is 3.15. The number of aryl methyl sites for hydroxylation is 1. The number of amides is 2. The van der Waals surface area contributed by atoms with Gasteiger partial charge < -0.3 is 24.7 Å². The summed E-state index contributed by atoms with van der Waals surface area (Å²) in [7, 11) is 0. The molecule has 1 aromatic heterocycles. The maximum absolute atomic E-state index is 12.2. The number of nitrogens with zero attached hydrogens (tertiary/aromatic N) is 2. The number of carbonyl (C=O) groups is 2. The molecule has 0 atom stereocenters. The maximum atomic E-state index is 12.2. The van der Waals surface area contributed by atoms with Gasteiger partial charge in [-0.1, -0.05) is 12.1 Å². The first-order chi connectivity index (χ1) is 13.6. The van der Waals surface area contributed by atoms with E-state index >= 15 is 0 Å². The van der Waals surface area contributed by atoms with Gasteiger partial charge in [-0.05, 0) is 37.3 Å². The zero-order valence-electron chi connectivity index (χ0n) is 15.4. The summed E-state index contributed by atoms with van der Waals surface area (Å²) in [6.07, 6.45) is 0. The first kappa shape index (κ1) is 17.8. The lowest BCUT2D eigenvalue weighted by Crippen LogP contribution is -2.38. The number of para-hydroxylation sites is 2. The summed E-state index contributed by atoms with van der Waals surface area (Å²) in [5, 5.41) is 5.42. The van der Waals surface area contributed by atoms with Crippen molar-refractivity contribution in [1.82, 2.24) is 20.2 Å². The van der Waals surface area contributed by atoms with E-state index in [2.05, 4.69) is 20.2 Å². The number of rotatable bonds is 6. The quantitative estimate of drug-likeness (QED) is 0.678. The number of hydrogen-bond acceptors (Lipinski definition) is 5. The summed E-state index contributed by atoms with van der Waals surface area (Å²) in [5.74, 6) is 1.43. The van der Waals surface area contributed by atoms with Crippen LogP contribution in [0.5, 0.6) is 11.5 Å². The minimum absolute atomic E-state index is 0.100. The van der Waals surface area contributed by atoms with Crippen molar-refractivity contribution in [1.29, 1.82) is 0 Å². The highest BCUT2D eigenvalue weighted by atomic mass is 16.7. The van der Waals surface area contributed by atoms with Crippen LogP contribution >= 0.6 is 0 Å². The molecule has 8 nitrogen and oxygen atoms in total. The number of benzene rings is 2. The Morgan fingerprint density at radius 3 is 2.82 bits per heavy atom. The molecule has 0 unspecified atom stereocenters. The number of fused-ring (bicyclic) bond motifs is 2. The van der Waals surface area contributed by atoms with E-state index in [1.54, 1.807) is 18.2 Å². The van der Waals surface area contributed by atoms with Crippen molar-refractivity contribution >= 4 is 22.8 Å². The van der Waals surface area contributed by atoms with E-state index in [4.69, 9.17) is 9.47 Å². The average Bonchev–Trinajstić information content (AvgIpc) is 3.29. The minimum atomic E-state index is -0.343. The van der Waals surface area contributed by atoms with Gasteiger partial charge in [0.05, 0.1) is 17.6 Å². The van der Waals surface area contributed by atoms with Crippen molar-refractivity contribution in [3.8, 4) is 11.5 Å². The number of ether oxygens (including phenoxy) is 2. The Balaban J connectivity index is 1.27. The Bertz CT molecular complexity index is 1040. The van der Waals surface area contributed by atoms with Crippen LogP contribution in [0.4, 0.5) is 0 Å². The van der Waals surface area contributed by atoms with Crippen LogP contribution in [0.2, 0.25) is 0 Å². The zero-order chi connectivity index (χ0) is 19.5. The second-order valence-corrected chi connectivity index (χ2v) is 6.40. The highest BCUT2D eigenvalue weighted by Crippen LogP contribution is 2.32. The maximum Gasteiger partial charge on any atom is 0.251 e. The molecule has 3 aromatic rings. The number of carbonyl (C=O) groups excluding carboxylic acids is 2. The largest absolute Gasteiger partial charge is 0.454 e. The van der Waals surface area contributed by atoms with E-state index in [1.807, 2.05) is 31.2 Å². The van der Waals surface area contributed by atoms with Crippen LogP contribution in [0.1, 0.15) is 16.2 Å². The van der Waals surface area contributed by atoms with Gasteiger partial charge in [-0.3, -0.25) is 9.59 Å². The standard InChI is InChI=1S/C20H20N4O4/c1-13-23-15-4-2-3-5-16(15)24(13)9-8-21-19(25)11-22-20(26)14-6-7-17-18(10-14)28-12-27-17/h2-7,10H,8-9,11-12H2,1H3,(H,21,25)(H,22,26). The van der Waals surface area contributed by atoms with Gasteiger partial charge >= 0.3 is 0 Å². The van der Waals surface area contributed by atoms with Crippen molar-refractivity contribution in [2.24, 2.45) is 0 Å². The molecule has 0 saturated carbocycles. The molecule has 0 bridgehead atoms. The molecule has 0 radical (unpaired) electrons. The minimum Gasteiger partial charge on any atom is -0.454 e. The van der Waals surface area contributed by atoms with Crippen LogP contribution < -0.4 is 20.1 Å². The van der Waals surface area contributed by atoms with Gasteiger partial charge in [-0.15, -0.1) is 0 Å². The monoisotopic (exact) mass is 380 g/mol. The van der Waals surface area contributed by atoms with Crippen LogP contribution in [0.3, 0.4) is 0 Å². The van der Waals surface area contributed by atoms with E-state index in [9.17, 15) is 9.59 Å². The van der Waals surface area contributed by atoms with Crippen molar-refractivity contribution in [3.05, 3.63) is 53.9 Å². The van der Waals surface area contributed by atoms with E-state index in [1.165, 1.54) is 0 Å². The van der Waals surface area contributed by atoms with Crippen LogP contribution in [0.25, 0.3) is 11.0 Å². The number of hydrogen-bond donors (Lipinski definition) is 2. The Kier molecular flexibility index (Phi) is 4.84. The van der Waals surface area contributed by atoms with Gasteiger partial charge in [-0.2, -0.15) is 0 Å². The lowest BCUT2D eigenvalue weighted by molar-refractivity contribution is -0.120. The molecule has 2 amide bonds. The highest BCUT2D eigenvalue weighted by molar-refractivity contribution is 5.97. The lowest BCUT2D eigenvalue weighted by atomic mass is 10.2. The summed E-state index contributed by atoms with van der Waals surface area (Å²) < 4.78 is 12.5. The van der Waals surface area contributed by atoms with Crippen LogP contribution in [-0.2, 0) is 11.3 Å². The highest BCUT2D eigenvalue weighted by Gasteiger charge is 2.16. The Morgan fingerprint density at radius 2 is 1.93 bits per heavy atom.